The molecule has 18 heavy (non-hydrogen) atoms. The lowest BCUT2D eigenvalue weighted by atomic mass is 10.1. The first-order valence-corrected chi connectivity index (χ1v) is 5.24. The number of hydrogen-bond acceptors (Lipinski definition) is 3. The molecule has 0 fully saturated rings. The summed E-state index contributed by atoms with van der Waals surface area (Å²) in [6.07, 6.45) is 2.89. The van der Waals surface area contributed by atoms with Crippen molar-refractivity contribution in [3.63, 3.8) is 0 Å². The van der Waals surface area contributed by atoms with Gasteiger partial charge in [-0.25, -0.2) is 23.7 Å². The van der Waals surface area contributed by atoms with Crippen molar-refractivity contribution < 1.29 is 8.78 Å². The van der Waals surface area contributed by atoms with E-state index >= 15 is 0 Å². The van der Waals surface area contributed by atoms with Crippen molar-refractivity contribution in [1.29, 1.82) is 0 Å². The van der Waals surface area contributed by atoms with E-state index in [2.05, 4.69) is 15.0 Å². The molecule has 0 unspecified atom stereocenters. The van der Waals surface area contributed by atoms with Gasteiger partial charge in [0.25, 0.3) is 0 Å². The van der Waals surface area contributed by atoms with E-state index in [1.54, 1.807) is 17.9 Å². The van der Waals surface area contributed by atoms with Crippen molar-refractivity contribution in [2.75, 3.05) is 0 Å². The Hall–Kier alpha value is -2.37. The number of hydrogen-bond donors (Lipinski definition) is 0. The Bertz CT molecular complexity index is 736. The molecule has 3 rings (SSSR count). The highest BCUT2D eigenvalue weighted by Crippen LogP contribution is 2.26. The monoisotopic (exact) mass is 246 g/mol. The molecule has 0 radical (unpaired) electrons. The lowest BCUT2D eigenvalue weighted by molar-refractivity contribution is 0.585. The molecular weight excluding hydrogens is 238 g/mol. The third-order valence-corrected chi connectivity index (χ3v) is 2.70. The molecule has 0 N–H and O–H groups in total. The van der Waals surface area contributed by atoms with Gasteiger partial charge in [-0.2, -0.15) is 0 Å². The molecule has 0 atom stereocenters. The normalized spacial score (nSPS) is 11.1. The van der Waals surface area contributed by atoms with E-state index in [4.69, 9.17) is 0 Å². The lowest BCUT2D eigenvalue weighted by Gasteiger charge is -2.05. The maximum absolute atomic E-state index is 13.8. The first kappa shape index (κ1) is 10.8. The Morgan fingerprint density at radius 1 is 1.11 bits per heavy atom. The molecule has 0 saturated carbocycles. The highest BCUT2D eigenvalue weighted by molar-refractivity contribution is 5.87. The van der Waals surface area contributed by atoms with Gasteiger partial charge in [-0.1, -0.05) is 0 Å². The van der Waals surface area contributed by atoms with Gasteiger partial charge in [0.05, 0.1) is 6.33 Å². The van der Waals surface area contributed by atoms with Crippen LogP contribution in [0.4, 0.5) is 8.78 Å². The van der Waals surface area contributed by atoms with E-state index in [9.17, 15) is 8.78 Å². The summed E-state index contributed by atoms with van der Waals surface area (Å²) in [6.45, 7) is 0. The van der Waals surface area contributed by atoms with Crippen LogP contribution in [-0.2, 0) is 7.05 Å². The maximum atomic E-state index is 13.8. The largest absolute Gasteiger partial charge is 0.331 e. The lowest BCUT2D eigenvalue weighted by Crippen LogP contribution is -1.95. The minimum Gasteiger partial charge on any atom is -0.331 e. The summed E-state index contributed by atoms with van der Waals surface area (Å²) < 4.78 is 28.4. The number of benzene rings is 1. The van der Waals surface area contributed by atoms with Crippen molar-refractivity contribution >= 4 is 11.2 Å². The number of aryl methyl sites for hydroxylation is 1. The molecular formula is C12H8F2N4. The van der Waals surface area contributed by atoms with Gasteiger partial charge < -0.3 is 4.57 Å². The van der Waals surface area contributed by atoms with Crippen molar-refractivity contribution in [2.24, 2.45) is 7.05 Å². The number of fused-ring (bicyclic) bond motifs is 1. The summed E-state index contributed by atoms with van der Waals surface area (Å²) in [4.78, 5) is 12.1. The molecule has 2 heterocycles. The minimum absolute atomic E-state index is 0.229. The molecule has 0 saturated heterocycles. The minimum atomic E-state index is -0.656. The topological polar surface area (TPSA) is 43.6 Å². The van der Waals surface area contributed by atoms with Gasteiger partial charge in [0.1, 0.15) is 29.2 Å². The van der Waals surface area contributed by atoms with E-state index in [0.29, 0.717) is 16.9 Å². The summed E-state index contributed by atoms with van der Waals surface area (Å²) in [7, 11) is 1.77. The van der Waals surface area contributed by atoms with Crippen LogP contribution in [0.15, 0.2) is 30.9 Å². The van der Waals surface area contributed by atoms with Crippen molar-refractivity contribution in [1.82, 2.24) is 19.5 Å². The van der Waals surface area contributed by atoms with Crippen LogP contribution in [0.5, 0.6) is 0 Å². The van der Waals surface area contributed by atoms with Crippen LogP contribution in [0.2, 0.25) is 0 Å². The first-order valence-electron chi connectivity index (χ1n) is 5.24. The van der Waals surface area contributed by atoms with Gasteiger partial charge in [-0.05, 0) is 12.1 Å². The molecule has 6 heteroatoms. The molecule has 0 bridgehead atoms. The molecule has 0 aliphatic carbocycles. The second-order valence-corrected chi connectivity index (χ2v) is 3.87. The van der Waals surface area contributed by atoms with Gasteiger partial charge in [0, 0.05) is 18.7 Å². The molecule has 0 spiro atoms. The second-order valence-electron chi connectivity index (χ2n) is 3.87. The van der Waals surface area contributed by atoms with Gasteiger partial charge in [0.2, 0.25) is 0 Å². The van der Waals surface area contributed by atoms with E-state index in [0.717, 1.165) is 6.07 Å². The summed E-state index contributed by atoms with van der Waals surface area (Å²) in [6, 6.07) is 3.39. The van der Waals surface area contributed by atoms with Crippen molar-refractivity contribution in [3.05, 3.63) is 42.5 Å². The fraction of sp³-hybridized carbons (Fsp3) is 0.0833. The Kier molecular flexibility index (Phi) is 2.29. The zero-order valence-corrected chi connectivity index (χ0v) is 9.43. The average Bonchev–Trinajstić information content (AvgIpc) is 2.72. The number of nitrogens with zero attached hydrogens (tertiary/aromatic N) is 4. The summed E-state index contributed by atoms with van der Waals surface area (Å²) in [5, 5.41) is 0. The fourth-order valence-corrected chi connectivity index (χ4v) is 1.87. The van der Waals surface area contributed by atoms with Gasteiger partial charge in [-0.15, -0.1) is 0 Å². The van der Waals surface area contributed by atoms with Crippen LogP contribution >= 0.6 is 0 Å². The van der Waals surface area contributed by atoms with Gasteiger partial charge in [-0.3, -0.25) is 0 Å². The predicted octanol–water partition coefficient (Wildman–Crippen LogP) is 2.31. The van der Waals surface area contributed by atoms with Crippen molar-refractivity contribution in [2.45, 2.75) is 0 Å². The van der Waals surface area contributed by atoms with Crippen LogP contribution in [0.1, 0.15) is 0 Å². The highest BCUT2D eigenvalue weighted by atomic mass is 19.1. The number of rotatable bonds is 1. The Balaban J connectivity index is 2.34. The Morgan fingerprint density at radius 3 is 2.72 bits per heavy atom. The molecule has 0 aliphatic rings. The molecule has 4 nitrogen and oxygen atoms in total. The zero-order chi connectivity index (χ0) is 12.7. The van der Waals surface area contributed by atoms with Crippen molar-refractivity contribution in [3.8, 4) is 11.3 Å². The van der Waals surface area contributed by atoms with E-state index in [1.807, 2.05) is 0 Å². The smallest absolute Gasteiger partial charge is 0.181 e. The quantitative estimate of drug-likeness (QED) is 0.661. The maximum Gasteiger partial charge on any atom is 0.181 e. The molecule has 1 aromatic carbocycles. The fourth-order valence-electron chi connectivity index (χ4n) is 1.87. The van der Waals surface area contributed by atoms with E-state index in [-0.39, 0.29) is 5.56 Å². The molecule has 3 aromatic rings. The Morgan fingerprint density at radius 2 is 1.94 bits per heavy atom. The SMILES string of the molecule is Cn1cnc2ncnc(-c3ccc(F)cc3F)c21. The number of halogens is 2. The average molecular weight is 246 g/mol. The molecule has 90 valence electrons. The number of imidazole rings is 1. The first-order chi connectivity index (χ1) is 8.66. The third-order valence-electron chi connectivity index (χ3n) is 2.70. The molecule has 0 amide bonds. The van der Waals surface area contributed by atoms with Crippen LogP contribution in [0, 0.1) is 11.6 Å². The summed E-state index contributed by atoms with van der Waals surface area (Å²) in [5.41, 5.74) is 1.72. The van der Waals surface area contributed by atoms with Gasteiger partial charge >= 0.3 is 0 Å². The molecule has 0 aliphatic heterocycles. The number of aromatic nitrogens is 4. The van der Waals surface area contributed by atoms with Gasteiger partial charge in [0.15, 0.2) is 5.65 Å². The van der Waals surface area contributed by atoms with E-state index in [1.165, 1.54) is 18.5 Å². The Labute approximate surface area is 101 Å². The van der Waals surface area contributed by atoms with Crippen LogP contribution in [0.3, 0.4) is 0 Å². The third kappa shape index (κ3) is 1.54. The molecule has 2 aromatic heterocycles. The zero-order valence-electron chi connectivity index (χ0n) is 9.43. The van der Waals surface area contributed by atoms with Crippen LogP contribution in [0.25, 0.3) is 22.4 Å². The van der Waals surface area contributed by atoms with Crippen LogP contribution in [-0.4, -0.2) is 19.5 Å². The standard InChI is InChI=1S/C12H8F2N4/c1-18-6-17-12-11(18)10(15-5-16-12)8-3-2-7(13)4-9(8)14/h2-6H,1H3. The van der Waals surface area contributed by atoms with E-state index < -0.39 is 11.6 Å². The summed E-state index contributed by atoms with van der Waals surface area (Å²) >= 11 is 0. The predicted molar refractivity (Wildman–Crippen MR) is 61.7 cm³/mol. The van der Waals surface area contributed by atoms with Crippen LogP contribution < -0.4 is 0 Å². The summed E-state index contributed by atoms with van der Waals surface area (Å²) in [5.74, 6) is -1.28. The second kappa shape index (κ2) is 3.83. The highest BCUT2D eigenvalue weighted by Gasteiger charge is 2.14.